The van der Waals surface area contributed by atoms with Crippen LogP contribution in [-0.2, 0) is 6.54 Å². The quantitative estimate of drug-likeness (QED) is 0.573. The molecular formula is C16H30N4S. The minimum Gasteiger partial charge on any atom is -0.357 e. The minimum absolute atomic E-state index is 0.507. The molecule has 0 saturated carbocycles. The molecule has 0 radical (unpaired) electrons. The van der Waals surface area contributed by atoms with Crippen molar-refractivity contribution in [2.45, 2.75) is 47.2 Å². The number of thiophene rings is 1. The van der Waals surface area contributed by atoms with Crippen molar-refractivity contribution in [3.05, 3.63) is 21.9 Å². The average molecular weight is 311 g/mol. The second-order valence-electron chi connectivity index (χ2n) is 5.16. The molecular weight excluding hydrogens is 280 g/mol. The summed E-state index contributed by atoms with van der Waals surface area (Å²) < 4.78 is 0. The fourth-order valence-corrected chi connectivity index (χ4v) is 3.10. The first-order valence-electron chi connectivity index (χ1n) is 7.92. The van der Waals surface area contributed by atoms with Crippen LogP contribution in [0.25, 0.3) is 0 Å². The summed E-state index contributed by atoms with van der Waals surface area (Å²) in [6.07, 6.45) is 0. The number of hydrogen-bond acceptors (Lipinski definition) is 3. The van der Waals surface area contributed by atoms with Gasteiger partial charge in [0.15, 0.2) is 5.96 Å². The Bertz CT molecular complexity index is 424. The Balaban J connectivity index is 2.52. The van der Waals surface area contributed by atoms with Crippen molar-refractivity contribution in [2.24, 2.45) is 4.99 Å². The lowest BCUT2D eigenvalue weighted by Crippen LogP contribution is -2.45. The summed E-state index contributed by atoms with van der Waals surface area (Å²) in [5.74, 6) is 0.905. The highest BCUT2D eigenvalue weighted by Crippen LogP contribution is 2.15. The molecule has 120 valence electrons. The Kier molecular flexibility index (Phi) is 8.38. The molecule has 1 atom stereocenters. The average Bonchev–Trinajstić information content (AvgIpc) is 2.89. The first-order valence-corrected chi connectivity index (χ1v) is 8.73. The fourth-order valence-electron chi connectivity index (χ4n) is 2.29. The number of likely N-dealkylation sites (N-methyl/N-ethyl adjacent to an activating group) is 1. The van der Waals surface area contributed by atoms with Crippen molar-refractivity contribution in [2.75, 3.05) is 26.2 Å². The summed E-state index contributed by atoms with van der Waals surface area (Å²) in [5, 5.41) is 6.76. The van der Waals surface area contributed by atoms with E-state index in [2.05, 4.69) is 67.3 Å². The fraction of sp³-hybridized carbons (Fsp3) is 0.688. The molecule has 0 aliphatic carbocycles. The van der Waals surface area contributed by atoms with E-state index >= 15 is 0 Å². The van der Waals surface area contributed by atoms with E-state index < -0.39 is 0 Å². The van der Waals surface area contributed by atoms with E-state index in [0.717, 1.165) is 38.7 Å². The van der Waals surface area contributed by atoms with Gasteiger partial charge in [-0.25, -0.2) is 4.99 Å². The summed E-state index contributed by atoms with van der Waals surface area (Å²) in [6.45, 7) is 15.6. The Morgan fingerprint density at radius 1 is 1.24 bits per heavy atom. The number of hydrogen-bond donors (Lipinski definition) is 2. The molecule has 4 nitrogen and oxygen atoms in total. The van der Waals surface area contributed by atoms with Crippen molar-refractivity contribution < 1.29 is 0 Å². The van der Waals surface area contributed by atoms with Gasteiger partial charge in [0.2, 0.25) is 0 Å². The van der Waals surface area contributed by atoms with E-state index in [4.69, 9.17) is 0 Å². The Hall–Kier alpha value is -1.07. The predicted octanol–water partition coefficient (Wildman–Crippen LogP) is 2.84. The van der Waals surface area contributed by atoms with Crippen molar-refractivity contribution in [3.63, 3.8) is 0 Å². The van der Waals surface area contributed by atoms with Crippen LogP contribution in [0.1, 0.15) is 37.4 Å². The molecule has 1 rings (SSSR count). The highest BCUT2D eigenvalue weighted by molar-refractivity contribution is 7.11. The van der Waals surface area contributed by atoms with Gasteiger partial charge in [0, 0.05) is 28.9 Å². The normalized spacial score (nSPS) is 13.5. The standard InChI is InChI=1S/C16H30N4S/c1-6-17-16(18-11-13(4)20(7-2)8-3)19-12-15-10-9-14(5)21-15/h9-10,13H,6-8,11-12H2,1-5H3,(H2,17,18,19). The van der Waals surface area contributed by atoms with Crippen LogP contribution in [0, 0.1) is 6.92 Å². The van der Waals surface area contributed by atoms with Crippen LogP contribution in [0.3, 0.4) is 0 Å². The smallest absolute Gasteiger partial charge is 0.191 e. The molecule has 0 saturated heterocycles. The zero-order valence-corrected chi connectivity index (χ0v) is 14.9. The van der Waals surface area contributed by atoms with Gasteiger partial charge in [-0.2, -0.15) is 0 Å². The summed E-state index contributed by atoms with van der Waals surface area (Å²) in [7, 11) is 0. The predicted molar refractivity (Wildman–Crippen MR) is 94.3 cm³/mol. The monoisotopic (exact) mass is 310 g/mol. The topological polar surface area (TPSA) is 39.7 Å². The van der Waals surface area contributed by atoms with Gasteiger partial charge in [-0.15, -0.1) is 11.3 Å². The van der Waals surface area contributed by atoms with Crippen molar-refractivity contribution in [1.82, 2.24) is 15.5 Å². The van der Waals surface area contributed by atoms with E-state index in [1.54, 1.807) is 0 Å². The number of nitrogens with one attached hydrogen (secondary N) is 2. The van der Waals surface area contributed by atoms with E-state index in [1.165, 1.54) is 9.75 Å². The minimum atomic E-state index is 0.507. The zero-order chi connectivity index (χ0) is 15.7. The molecule has 1 heterocycles. The van der Waals surface area contributed by atoms with Crippen LogP contribution in [0.4, 0.5) is 0 Å². The molecule has 1 aromatic rings. The highest BCUT2D eigenvalue weighted by Gasteiger charge is 2.10. The second-order valence-corrected chi connectivity index (χ2v) is 6.53. The van der Waals surface area contributed by atoms with Crippen molar-refractivity contribution in [1.29, 1.82) is 0 Å². The molecule has 0 aromatic carbocycles. The number of nitrogens with zero attached hydrogens (tertiary/aromatic N) is 2. The van der Waals surface area contributed by atoms with Gasteiger partial charge in [0.1, 0.15) is 0 Å². The Morgan fingerprint density at radius 3 is 2.48 bits per heavy atom. The Morgan fingerprint density at radius 2 is 1.95 bits per heavy atom. The first-order chi connectivity index (χ1) is 10.1. The second kappa shape index (κ2) is 9.79. The van der Waals surface area contributed by atoms with E-state index in [0.29, 0.717) is 6.04 Å². The maximum absolute atomic E-state index is 4.67. The van der Waals surface area contributed by atoms with Crippen LogP contribution >= 0.6 is 11.3 Å². The largest absolute Gasteiger partial charge is 0.357 e. The number of rotatable bonds is 8. The molecule has 0 aliphatic heterocycles. The van der Waals surface area contributed by atoms with Gasteiger partial charge in [-0.05, 0) is 46.0 Å². The van der Waals surface area contributed by atoms with E-state index in [9.17, 15) is 0 Å². The molecule has 2 N–H and O–H groups in total. The maximum atomic E-state index is 4.67. The molecule has 1 aromatic heterocycles. The van der Waals surface area contributed by atoms with Crippen LogP contribution in [-0.4, -0.2) is 43.1 Å². The lowest BCUT2D eigenvalue weighted by atomic mass is 10.3. The lowest BCUT2D eigenvalue weighted by molar-refractivity contribution is 0.231. The van der Waals surface area contributed by atoms with Gasteiger partial charge in [-0.3, -0.25) is 4.90 Å². The summed E-state index contributed by atoms with van der Waals surface area (Å²) in [5.41, 5.74) is 0. The van der Waals surface area contributed by atoms with Crippen LogP contribution in [0.2, 0.25) is 0 Å². The van der Waals surface area contributed by atoms with Gasteiger partial charge >= 0.3 is 0 Å². The zero-order valence-electron chi connectivity index (χ0n) is 14.1. The summed E-state index contributed by atoms with van der Waals surface area (Å²) in [6, 6.07) is 4.82. The molecule has 21 heavy (non-hydrogen) atoms. The van der Waals surface area contributed by atoms with Gasteiger partial charge in [0.05, 0.1) is 6.54 Å². The van der Waals surface area contributed by atoms with Crippen LogP contribution < -0.4 is 10.6 Å². The highest BCUT2D eigenvalue weighted by atomic mass is 32.1. The summed E-state index contributed by atoms with van der Waals surface area (Å²) in [4.78, 5) is 9.76. The number of aliphatic imine (C=N–C) groups is 1. The molecule has 0 spiro atoms. The number of aryl methyl sites for hydroxylation is 1. The van der Waals surface area contributed by atoms with Crippen molar-refractivity contribution >= 4 is 17.3 Å². The lowest BCUT2D eigenvalue weighted by Gasteiger charge is -2.27. The molecule has 5 heteroatoms. The maximum Gasteiger partial charge on any atom is 0.191 e. The van der Waals surface area contributed by atoms with Gasteiger partial charge < -0.3 is 10.6 Å². The Labute approximate surface area is 133 Å². The van der Waals surface area contributed by atoms with Gasteiger partial charge in [-0.1, -0.05) is 13.8 Å². The SMILES string of the molecule is CCNC(=NCc1ccc(C)s1)NCC(C)N(CC)CC. The van der Waals surface area contributed by atoms with Crippen LogP contribution in [0.15, 0.2) is 17.1 Å². The molecule has 0 fully saturated rings. The van der Waals surface area contributed by atoms with E-state index in [1.807, 2.05) is 11.3 Å². The first kappa shape index (κ1) is 18.0. The molecule has 1 unspecified atom stereocenters. The summed E-state index contributed by atoms with van der Waals surface area (Å²) >= 11 is 1.81. The molecule has 0 bridgehead atoms. The third-order valence-corrected chi connectivity index (χ3v) is 4.52. The van der Waals surface area contributed by atoms with Gasteiger partial charge in [0.25, 0.3) is 0 Å². The molecule has 0 amide bonds. The van der Waals surface area contributed by atoms with Crippen LogP contribution in [0.5, 0.6) is 0 Å². The third-order valence-electron chi connectivity index (χ3n) is 3.53. The third kappa shape index (κ3) is 6.48. The van der Waals surface area contributed by atoms with E-state index in [-0.39, 0.29) is 0 Å². The molecule has 0 aliphatic rings. The van der Waals surface area contributed by atoms with Crippen molar-refractivity contribution in [3.8, 4) is 0 Å². The number of guanidine groups is 1.